The maximum absolute atomic E-state index is 6.25. The molecule has 0 aromatic carbocycles. The summed E-state index contributed by atoms with van der Waals surface area (Å²) < 4.78 is 8.24. The van der Waals surface area contributed by atoms with Crippen LogP contribution in [0.5, 0.6) is 5.75 Å². The van der Waals surface area contributed by atoms with Gasteiger partial charge in [-0.05, 0) is 44.7 Å². The molecule has 2 aromatic heterocycles. The number of nitrogens with one attached hydrogen (secondary N) is 1. The lowest BCUT2D eigenvalue weighted by molar-refractivity contribution is 0.122. The molecule has 2 fully saturated rings. The Balaban J connectivity index is 1.58. The number of rotatable bonds is 4. The van der Waals surface area contributed by atoms with Crippen LogP contribution in [0.15, 0.2) is 18.6 Å². The zero-order valence-electron chi connectivity index (χ0n) is 12.5. The van der Waals surface area contributed by atoms with Crippen molar-refractivity contribution in [2.75, 3.05) is 19.7 Å². The Bertz CT molecular complexity index is 641. The second kappa shape index (κ2) is 4.98. The van der Waals surface area contributed by atoms with Crippen LogP contribution in [-0.4, -0.2) is 34.3 Å². The summed E-state index contributed by atoms with van der Waals surface area (Å²) in [6.45, 7) is 5.32. The number of piperidine rings is 1. The monoisotopic (exact) mass is 286 g/mol. The summed E-state index contributed by atoms with van der Waals surface area (Å²) in [5.41, 5.74) is 2.47. The third kappa shape index (κ3) is 2.62. The first-order chi connectivity index (χ1) is 10.2. The van der Waals surface area contributed by atoms with Crippen molar-refractivity contribution in [2.45, 2.75) is 38.5 Å². The second-order valence-electron chi connectivity index (χ2n) is 6.81. The first-order valence-electron chi connectivity index (χ1n) is 7.90. The van der Waals surface area contributed by atoms with Crippen LogP contribution in [-0.2, 0) is 0 Å². The standard InChI is InChI=1S/C16H22N4O/c1-16(4-6-17-7-5-16)10-21-14-8-15-19-18-11-20(15)9-13(14)12-2-3-12/h8-9,11-12,17H,2-7,10H2,1H3. The lowest BCUT2D eigenvalue weighted by Gasteiger charge is -2.34. The molecule has 0 spiro atoms. The number of hydrogen-bond acceptors (Lipinski definition) is 4. The molecule has 21 heavy (non-hydrogen) atoms. The lowest BCUT2D eigenvalue weighted by atomic mass is 9.82. The van der Waals surface area contributed by atoms with Crippen molar-refractivity contribution in [1.29, 1.82) is 0 Å². The van der Waals surface area contributed by atoms with Crippen molar-refractivity contribution in [3.05, 3.63) is 24.2 Å². The maximum atomic E-state index is 6.25. The molecule has 1 saturated heterocycles. The van der Waals surface area contributed by atoms with Gasteiger partial charge in [-0.15, -0.1) is 10.2 Å². The van der Waals surface area contributed by atoms with Gasteiger partial charge in [0.2, 0.25) is 0 Å². The van der Waals surface area contributed by atoms with Crippen LogP contribution in [0.2, 0.25) is 0 Å². The molecular formula is C16H22N4O. The zero-order chi connectivity index (χ0) is 14.3. The van der Waals surface area contributed by atoms with Crippen LogP contribution >= 0.6 is 0 Å². The number of fused-ring (bicyclic) bond motifs is 1. The van der Waals surface area contributed by atoms with Gasteiger partial charge in [0, 0.05) is 23.2 Å². The van der Waals surface area contributed by atoms with E-state index in [4.69, 9.17) is 4.74 Å². The molecule has 5 nitrogen and oxygen atoms in total. The predicted octanol–water partition coefficient (Wildman–Crippen LogP) is 2.38. The number of pyridine rings is 1. The Morgan fingerprint density at radius 1 is 1.38 bits per heavy atom. The van der Waals surface area contributed by atoms with Crippen molar-refractivity contribution < 1.29 is 4.74 Å². The molecule has 0 amide bonds. The van der Waals surface area contributed by atoms with E-state index in [2.05, 4.69) is 28.6 Å². The minimum Gasteiger partial charge on any atom is -0.493 e. The van der Waals surface area contributed by atoms with E-state index >= 15 is 0 Å². The van der Waals surface area contributed by atoms with E-state index in [1.54, 1.807) is 6.33 Å². The van der Waals surface area contributed by atoms with Crippen LogP contribution in [0.25, 0.3) is 5.65 Å². The number of aromatic nitrogens is 3. The van der Waals surface area contributed by atoms with Crippen molar-refractivity contribution in [2.24, 2.45) is 5.41 Å². The molecule has 0 bridgehead atoms. The molecule has 3 heterocycles. The van der Waals surface area contributed by atoms with E-state index in [0.717, 1.165) is 31.1 Å². The fourth-order valence-electron chi connectivity index (χ4n) is 3.12. The van der Waals surface area contributed by atoms with Crippen molar-refractivity contribution in [3.8, 4) is 5.75 Å². The van der Waals surface area contributed by atoms with Gasteiger partial charge in [0.05, 0.1) is 6.61 Å². The fraction of sp³-hybridized carbons (Fsp3) is 0.625. The van der Waals surface area contributed by atoms with Crippen LogP contribution in [0.4, 0.5) is 0 Å². The second-order valence-corrected chi connectivity index (χ2v) is 6.81. The molecule has 2 aromatic rings. The predicted molar refractivity (Wildman–Crippen MR) is 80.7 cm³/mol. The highest BCUT2D eigenvalue weighted by Crippen LogP contribution is 2.45. The summed E-state index contributed by atoms with van der Waals surface area (Å²) in [7, 11) is 0. The quantitative estimate of drug-likeness (QED) is 0.937. The number of nitrogens with zero attached hydrogens (tertiary/aromatic N) is 3. The van der Waals surface area contributed by atoms with E-state index in [0.29, 0.717) is 5.92 Å². The Hall–Kier alpha value is -1.62. The minimum absolute atomic E-state index is 0.284. The molecule has 5 heteroatoms. The zero-order valence-corrected chi connectivity index (χ0v) is 12.5. The van der Waals surface area contributed by atoms with E-state index in [9.17, 15) is 0 Å². The highest BCUT2D eigenvalue weighted by atomic mass is 16.5. The van der Waals surface area contributed by atoms with Crippen LogP contribution in [0, 0.1) is 5.41 Å². The van der Waals surface area contributed by atoms with Gasteiger partial charge in [0.25, 0.3) is 0 Å². The molecule has 1 aliphatic heterocycles. The minimum atomic E-state index is 0.284. The third-order valence-electron chi connectivity index (χ3n) is 4.83. The molecule has 2 aliphatic rings. The van der Waals surface area contributed by atoms with Gasteiger partial charge in [-0.3, -0.25) is 4.40 Å². The molecule has 112 valence electrons. The van der Waals surface area contributed by atoms with Crippen molar-refractivity contribution in [3.63, 3.8) is 0 Å². The van der Waals surface area contributed by atoms with E-state index in [1.165, 1.54) is 31.2 Å². The molecule has 0 unspecified atom stereocenters. The summed E-state index contributed by atoms with van der Waals surface area (Å²) in [5.74, 6) is 1.67. The van der Waals surface area contributed by atoms with Gasteiger partial charge < -0.3 is 10.1 Å². The van der Waals surface area contributed by atoms with E-state index < -0.39 is 0 Å². The van der Waals surface area contributed by atoms with Crippen LogP contribution in [0.1, 0.15) is 44.1 Å². The SMILES string of the molecule is CC1(COc2cc3nncn3cc2C2CC2)CCNCC1. The highest BCUT2D eigenvalue weighted by Gasteiger charge is 2.31. The van der Waals surface area contributed by atoms with Gasteiger partial charge in [0.15, 0.2) is 5.65 Å². The molecule has 1 aliphatic carbocycles. The topological polar surface area (TPSA) is 51.5 Å². The summed E-state index contributed by atoms with van der Waals surface area (Å²) in [4.78, 5) is 0. The summed E-state index contributed by atoms with van der Waals surface area (Å²) in [5, 5.41) is 11.5. The Morgan fingerprint density at radius 2 is 2.19 bits per heavy atom. The highest BCUT2D eigenvalue weighted by molar-refractivity contribution is 5.49. The molecule has 0 radical (unpaired) electrons. The fourth-order valence-corrected chi connectivity index (χ4v) is 3.12. The van der Waals surface area contributed by atoms with Gasteiger partial charge in [0.1, 0.15) is 12.1 Å². The summed E-state index contributed by atoms with van der Waals surface area (Å²) in [6, 6.07) is 2.05. The van der Waals surface area contributed by atoms with E-state index in [1.807, 2.05) is 10.5 Å². The summed E-state index contributed by atoms with van der Waals surface area (Å²) >= 11 is 0. The average Bonchev–Trinajstić information content (AvgIpc) is 3.24. The molecular weight excluding hydrogens is 264 g/mol. The third-order valence-corrected chi connectivity index (χ3v) is 4.83. The normalized spacial score (nSPS) is 21.6. The van der Waals surface area contributed by atoms with E-state index in [-0.39, 0.29) is 5.41 Å². The first kappa shape index (κ1) is 13.1. The Morgan fingerprint density at radius 3 is 2.95 bits per heavy atom. The smallest absolute Gasteiger partial charge is 0.164 e. The molecule has 0 atom stereocenters. The largest absolute Gasteiger partial charge is 0.493 e. The van der Waals surface area contributed by atoms with Crippen LogP contribution in [0.3, 0.4) is 0 Å². The van der Waals surface area contributed by atoms with Gasteiger partial charge in [-0.25, -0.2) is 0 Å². The maximum Gasteiger partial charge on any atom is 0.164 e. The van der Waals surface area contributed by atoms with Gasteiger partial charge >= 0.3 is 0 Å². The average molecular weight is 286 g/mol. The summed E-state index contributed by atoms with van der Waals surface area (Å²) in [6.07, 6.45) is 8.81. The Labute approximate surface area is 124 Å². The number of hydrogen-bond donors (Lipinski definition) is 1. The van der Waals surface area contributed by atoms with Crippen molar-refractivity contribution in [1.82, 2.24) is 19.9 Å². The first-order valence-corrected chi connectivity index (χ1v) is 7.90. The number of ether oxygens (including phenoxy) is 1. The van der Waals surface area contributed by atoms with Crippen LogP contribution < -0.4 is 10.1 Å². The molecule has 1 saturated carbocycles. The van der Waals surface area contributed by atoms with Crippen molar-refractivity contribution >= 4 is 5.65 Å². The van der Waals surface area contributed by atoms with Gasteiger partial charge in [-0.1, -0.05) is 6.92 Å². The lowest BCUT2D eigenvalue weighted by Crippen LogP contribution is -2.38. The molecule has 1 N–H and O–H groups in total. The van der Waals surface area contributed by atoms with Gasteiger partial charge in [-0.2, -0.15) is 0 Å². The Kier molecular flexibility index (Phi) is 3.10. The molecule has 4 rings (SSSR count).